The predicted octanol–water partition coefficient (Wildman–Crippen LogP) is 5.01. The first-order chi connectivity index (χ1) is 13.4. The van der Waals surface area contributed by atoms with E-state index in [1.165, 1.54) is 64.2 Å². The van der Waals surface area contributed by atoms with E-state index in [4.69, 9.17) is 23.7 Å². The fraction of sp³-hybridized carbons (Fsp3) is 1.00. The highest BCUT2D eigenvalue weighted by Gasteiger charge is 1.95. The van der Waals surface area contributed by atoms with E-state index in [0.717, 1.165) is 13.2 Å². The Bertz CT molecular complexity index is 227. The van der Waals surface area contributed by atoms with Crippen LogP contribution in [0.2, 0.25) is 0 Å². The molecule has 0 heterocycles. The molecule has 0 aliphatic carbocycles. The fourth-order valence-electron chi connectivity index (χ4n) is 2.72. The van der Waals surface area contributed by atoms with Crippen molar-refractivity contribution >= 4 is 0 Å². The maximum atomic E-state index is 5.60. The molecule has 0 aliphatic heterocycles. The average Bonchev–Trinajstić information content (AvgIpc) is 2.68. The normalized spacial score (nSPS) is 11.3. The van der Waals surface area contributed by atoms with E-state index in [1.807, 2.05) is 6.92 Å². The van der Waals surface area contributed by atoms with Gasteiger partial charge in [0.05, 0.1) is 52.9 Å². The van der Waals surface area contributed by atoms with Crippen molar-refractivity contribution in [3.8, 4) is 0 Å². The Morgan fingerprint density at radius 3 is 1.07 bits per heavy atom. The van der Waals surface area contributed by atoms with Crippen LogP contribution < -0.4 is 0 Å². The van der Waals surface area contributed by atoms with Crippen LogP contribution in [-0.4, -0.2) is 66.1 Å². The molecule has 0 saturated carbocycles. The van der Waals surface area contributed by atoms with E-state index in [0.29, 0.717) is 52.9 Å². The first kappa shape index (κ1) is 26.8. The van der Waals surface area contributed by atoms with Crippen LogP contribution in [0.5, 0.6) is 0 Å². The molecule has 0 rings (SSSR count). The summed E-state index contributed by atoms with van der Waals surface area (Å²) in [4.78, 5) is 0. The summed E-state index contributed by atoms with van der Waals surface area (Å²) in [7, 11) is 0. The minimum absolute atomic E-state index is 0.602. The summed E-state index contributed by atoms with van der Waals surface area (Å²) in [6, 6.07) is 0. The summed E-state index contributed by atoms with van der Waals surface area (Å²) in [5.41, 5.74) is 0. The molecule has 0 fully saturated rings. The summed E-state index contributed by atoms with van der Waals surface area (Å²) >= 11 is 0. The smallest absolute Gasteiger partial charge is 0.0701 e. The van der Waals surface area contributed by atoms with Crippen molar-refractivity contribution in [2.24, 2.45) is 0 Å². The van der Waals surface area contributed by atoms with E-state index in [1.54, 1.807) is 0 Å². The minimum atomic E-state index is 0.602. The van der Waals surface area contributed by atoms with Gasteiger partial charge in [-0.1, -0.05) is 64.7 Å². The van der Waals surface area contributed by atoms with Gasteiger partial charge in [0.1, 0.15) is 0 Å². The largest absolute Gasteiger partial charge is 0.379 e. The SMILES string of the molecule is CCCCCCCCCCCCOCCOCCOCCOCCOCC. The Hall–Kier alpha value is -0.200. The highest BCUT2D eigenvalue weighted by atomic mass is 16.6. The van der Waals surface area contributed by atoms with Crippen molar-refractivity contribution in [3.05, 3.63) is 0 Å². The molecule has 0 saturated heterocycles. The zero-order valence-corrected chi connectivity index (χ0v) is 18.2. The van der Waals surface area contributed by atoms with E-state index in [-0.39, 0.29) is 0 Å². The van der Waals surface area contributed by atoms with Gasteiger partial charge in [0.15, 0.2) is 0 Å². The summed E-state index contributed by atoms with van der Waals surface area (Å²) in [6.45, 7) is 10.9. The van der Waals surface area contributed by atoms with Crippen molar-refractivity contribution in [3.63, 3.8) is 0 Å². The summed E-state index contributed by atoms with van der Waals surface area (Å²) in [6.07, 6.45) is 13.6. The van der Waals surface area contributed by atoms with Gasteiger partial charge in [-0.2, -0.15) is 0 Å². The van der Waals surface area contributed by atoms with Gasteiger partial charge in [0.2, 0.25) is 0 Å². The molecular formula is C22H46O5. The van der Waals surface area contributed by atoms with Crippen LogP contribution in [0.3, 0.4) is 0 Å². The van der Waals surface area contributed by atoms with Gasteiger partial charge in [-0.05, 0) is 13.3 Å². The molecule has 0 radical (unpaired) electrons. The van der Waals surface area contributed by atoms with Gasteiger partial charge in [0, 0.05) is 13.2 Å². The topological polar surface area (TPSA) is 46.2 Å². The molecule has 0 aliphatic rings. The van der Waals surface area contributed by atoms with E-state index < -0.39 is 0 Å². The van der Waals surface area contributed by atoms with Crippen molar-refractivity contribution in [1.29, 1.82) is 0 Å². The van der Waals surface area contributed by atoms with Gasteiger partial charge >= 0.3 is 0 Å². The lowest BCUT2D eigenvalue weighted by Gasteiger charge is -2.07. The van der Waals surface area contributed by atoms with Crippen molar-refractivity contribution in [2.45, 2.75) is 78.1 Å². The van der Waals surface area contributed by atoms with Gasteiger partial charge in [0.25, 0.3) is 0 Å². The molecule has 0 amide bonds. The Labute approximate surface area is 168 Å². The summed E-state index contributed by atoms with van der Waals surface area (Å²) in [5.74, 6) is 0. The molecule has 0 aromatic rings. The number of hydrogen-bond donors (Lipinski definition) is 0. The Kier molecular flexibility index (Phi) is 25.6. The third-order valence-electron chi connectivity index (χ3n) is 4.33. The molecule has 0 N–H and O–H groups in total. The zero-order valence-electron chi connectivity index (χ0n) is 18.2. The van der Waals surface area contributed by atoms with Crippen LogP contribution in [0.25, 0.3) is 0 Å². The Morgan fingerprint density at radius 1 is 0.333 bits per heavy atom. The van der Waals surface area contributed by atoms with Crippen LogP contribution in [0.15, 0.2) is 0 Å². The second kappa shape index (κ2) is 25.8. The Balaban J connectivity index is 2.95. The van der Waals surface area contributed by atoms with Crippen molar-refractivity contribution < 1.29 is 23.7 Å². The molecule has 0 bridgehead atoms. The van der Waals surface area contributed by atoms with Gasteiger partial charge in [-0.3, -0.25) is 0 Å². The van der Waals surface area contributed by atoms with Crippen LogP contribution in [0.4, 0.5) is 0 Å². The lowest BCUT2D eigenvalue weighted by molar-refractivity contribution is -0.0104. The molecule has 0 spiro atoms. The maximum Gasteiger partial charge on any atom is 0.0701 e. The molecule has 0 atom stereocenters. The highest BCUT2D eigenvalue weighted by Crippen LogP contribution is 2.10. The molecule has 164 valence electrons. The molecule has 0 aromatic carbocycles. The number of hydrogen-bond acceptors (Lipinski definition) is 5. The fourth-order valence-corrected chi connectivity index (χ4v) is 2.72. The van der Waals surface area contributed by atoms with Crippen molar-refractivity contribution in [2.75, 3.05) is 66.1 Å². The third-order valence-corrected chi connectivity index (χ3v) is 4.33. The quantitative estimate of drug-likeness (QED) is 0.217. The van der Waals surface area contributed by atoms with E-state index >= 15 is 0 Å². The first-order valence-electron chi connectivity index (χ1n) is 11.3. The van der Waals surface area contributed by atoms with Gasteiger partial charge in [-0.15, -0.1) is 0 Å². The van der Waals surface area contributed by atoms with Crippen LogP contribution in [0.1, 0.15) is 78.1 Å². The number of rotatable bonds is 24. The number of unbranched alkanes of at least 4 members (excludes halogenated alkanes) is 9. The number of ether oxygens (including phenoxy) is 5. The zero-order chi connectivity index (χ0) is 19.7. The van der Waals surface area contributed by atoms with Crippen molar-refractivity contribution in [1.82, 2.24) is 0 Å². The molecule has 5 nitrogen and oxygen atoms in total. The minimum Gasteiger partial charge on any atom is -0.379 e. The van der Waals surface area contributed by atoms with Crippen LogP contribution in [0, 0.1) is 0 Å². The highest BCUT2D eigenvalue weighted by molar-refractivity contribution is 4.47. The molecule has 5 heteroatoms. The second-order valence-electron chi connectivity index (χ2n) is 6.83. The standard InChI is InChI=1S/C22H46O5/c1-3-5-6-7-8-9-10-11-12-13-14-24-17-18-26-21-22-27-20-19-25-16-15-23-4-2/h3-22H2,1-2H3. The third kappa shape index (κ3) is 25.8. The second-order valence-corrected chi connectivity index (χ2v) is 6.83. The predicted molar refractivity (Wildman–Crippen MR) is 112 cm³/mol. The lowest BCUT2D eigenvalue weighted by atomic mass is 10.1. The molecular weight excluding hydrogens is 344 g/mol. The van der Waals surface area contributed by atoms with Crippen LogP contribution >= 0.6 is 0 Å². The lowest BCUT2D eigenvalue weighted by Crippen LogP contribution is -2.13. The van der Waals surface area contributed by atoms with E-state index in [9.17, 15) is 0 Å². The van der Waals surface area contributed by atoms with E-state index in [2.05, 4.69) is 6.92 Å². The molecule has 27 heavy (non-hydrogen) atoms. The maximum absolute atomic E-state index is 5.60. The summed E-state index contributed by atoms with van der Waals surface area (Å²) < 4.78 is 27.0. The monoisotopic (exact) mass is 390 g/mol. The summed E-state index contributed by atoms with van der Waals surface area (Å²) in [5, 5.41) is 0. The molecule has 0 aromatic heterocycles. The Morgan fingerprint density at radius 2 is 0.667 bits per heavy atom. The van der Waals surface area contributed by atoms with Gasteiger partial charge in [-0.25, -0.2) is 0 Å². The first-order valence-corrected chi connectivity index (χ1v) is 11.3. The average molecular weight is 391 g/mol. The van der Waals surface area contributed by atoms with Gasteiger partial charge < -0.3 is 23.7 Å². The molecule has 0 unspecified atom stereocenters. The van der Waals surface area contributed by atoms with Crippen LogP contribution in [-0.2, 0) is 23.7 Å².